The molecular formula is C14H17Cl2N5O3. The number of benzene rings is 1. The normalized spacial score (nSPS) is 19.4. The number of nitrogens with zero attached hydrogens (tertiary/aromatic N) is 4. The van der Waals surface area contributed by atoms with Gasteiger partial charge in [0.2, 0.25) is 5.91 Å². The minimum atomic E-state index is -0.518. The fraction of sp³-hybridized carbons (Fsp3) is 0.357. The number of carbonyl (C=O) groups is 2. The van der Waals surface area contributed by atoms with Crippen molar-refractivity contribution in [2.24, 2.45) is 11.0 Å². The van der Waals surface area contributed by atoms with E-state index in [1.165, 1.54) is 4.90 Å². The molecule has 3 N–H and O–H groups in total. The molecule has 0 radical (unpaired) electrons. The van der Waals surface area contributed by atoms with E-state index >= 15 is 0 Å². The van der Waals surface area contributed by atoms with Gasteiger partial charge in [-0.15, -0.1) is 12.4 Å². The van der Waals surface area contributed by atoms with Crippen LogP contribution in [0.25, 0.3) is 0 Å². The van der Waals surface area contributed by atoms with Crippen molar-refractivity contribution in [1.82, 2.24) is 9.91 Å². The van der Waals surface area contributed by atoms with E-state index in [1.807, 2.05) is 0 Å². The van der Waals surface area contributed by atoms with Gasteiger partial charge in [-0.25, -0.2) is 5.01 Å². The zero-order valence-electron chi connectivity index (χ0n) is 12.7. The number of amides is 2. The van der Waals surface area contributed by atoms with Gasteiger partial charge in [0.25, 0.3) is 5.91 Å². The summed E-state index contributed by atoms with van der Waals surface area (Å²) in [5, 5.41) is 14.2. The smallest absolute Gasteiger partial charge is 0.281 e. The number of fused-ring (bicyclic) bond motifs is 1. The number of carbonyl (C=O) groups excluding carboxylic acids is 2. The molecule has 2 aliphatic rings. The second kappa shape index (κ2) is 7.35. The average molecular weight is 374 g/mol. The van der Waals surface area contributed by atoms with Crippen LogP contribution in [0, 0.1) is 0 Å². The third-order valence-corrected chi connectivity index (χ3v) is 4.25. The fourth-order valence-corrected chi connectivity index (χ4v) is 2.91. The van der Waals surface area contributed by atoms with Crippen molar-refractivity contribution in [3.8, 4) is 0 Å². The molecule has 0 atom stereocenters. The molecule has 0 spiro atoms. The van der Waals surface area contributed by atoms with Gasteiger partial charge in [-0.2, -0.15) is 0 Å². The molecule has 0 unspecified atom stereocenters. The van der Waals surface area contributed by atoms with E-state index in [2.05, 4.69) is 5.16 Å². The summed E-state index contributed by atoms with van der Waals surface area (Å²) in [7, 11) is 0. The lowest BCUT2D eigenvalue weighted by Crippen LogP contribution is -2.53. The van der Waals surface area contributed by atoms with Gasteiger partial charge in [-0.3, -0.25) is 20.3 Å². The highest BCUT2D eigenvalue weighted by Crippen LogP contribution is 2.31. The first-order chi connectivity index (χ1) is 11.0. The highest BCUT2D eigenvalue weighted by molar-refractivity contribution is 6.54. The van der Waals surface area contributed by atoms with Crippen LogP contribution in [0.4, 0.5) is 5.69 Å². The predicted molar refractivity (Wildman–Crippen MR) is 91.7 cm³/mol. The Morgan fingerprint density at radius 1 is 1.29 bits per heavy atom. The summed E-state index contributed by atoms with van der Waals surface area (Å²) in [6, 6.07) is 4.78. The summed E-state index contributed by atoms with van der Waals surface area (Å²) >= 11 is 5.97. The number of oxime groups is 1. The number of anilines is 1. The van der Waals surface area contributed by atoms with Crippen LogP contribution < -0.4 is 10.7 Å². The molecule has 8 nitrogen and oxygen atoms in total. The highest BCUT2D eigenvalue weighted by Gasteiger charge is 2.36. The van der Waals surface area contributed by atoms with Crippen LogP contribution in [-0.2, 0) is 9.59 Å². The molecule has 1 aromatic rings. The molecule has 0 aliphatic carbocycles. The number of hydrazine groups is 1. The van der Waals surface area contributed by atoms with Crippen LogP contribution in [0.2, 0.25) is 5.02 Å². The molecule has 0 saturated carbocycles. The molecule has 1 fully saturated rings. The number of rotatable bonds is 2. The largest absolute Gasteiger partial charge is 0.410 e. The van der Waals surface area contributed by atoms with Crippen LogP contribution in [-0.4, -0.2) is 65.4 Å². The second-order valence-corrected chi connectivity index (χ2v) is 5.85. The van der Waals surface area contributed by atoms with Gasteiger partial charge in [-0.1, -0.05) is 16.8 Å². The molecule has 24 heavy (non-hydrogen) atoms. The molecule has 0 aromatic heterocycles. The average Bonchev–Trinajstić information content (AvgIpc) is 2.79. The Kier molecular flexibility index (Phi) is 5.66. The zero-order valence-corrected chi connectivity index (χ0v) is 14.3. The van der Waals surface area contributed by atoms with Crippen molar-refractivity contribution in [2.45, 2.75) is 0 Å². The van der Waals surface area contributed by atoms with Crippen molar-refractivity contribution in [3.05, 3.63) is 28.8 Å². The molecule has 130 valence electrons. The van der Waals surface area contributed by atoms with E-state index in [9.17, 15) is 9.59 Å². The zero-order chi connectivity index (χ0) is 16.6. The number of nitrogens with two attached hydrogens (primary N) is 1. The molecule has 0 bridgehead atoms. The topological polar surface area (TPSA) is 102 Å². The number of halogens is 2. The van der Waals surface area contributed by atoms with Gasteiger partial charge in [0.15, 0.2) is 5.71 Å². The molecule has 3 rings (SSSR count). The van der Waals surface area contributed by atoms with Gasteiger partial charge in [0, 0.05) is 36.8 Å². The van der Waals surface area contributed by atoms with Gasteiger partial charge in [0.1, 0.15) is 6.54 Å². The molecule has 1 saturated heterocycles. The van der Waals surface area contributed by atoms with Crippen LogP contribution in [0.5, 0.6) is 0 Å². The SMILES string of the molecule is Cl.NN1CCN(C(=O)CN2C(=O)/C(=N\O)c3ccc(Cl)cc32)CC1. The van der Waals surface area contributed by atoms with E-state index < -0.39 is 5.91 Å². The van der Waals surface area contributed by atoms with Crippen molar-refractivity contribution < 1.29 is 14.8 Å². The van der Waals surface area contributed by atoms with Crippen molar-refractivity contribution >= 4 is 47.2 Å². The lowest BCUT2D eigenvalue weighted by molar-refractivity contribution is -0.132. The van der Waals surface area contributed by atoms with Crippen molar-refractivity contribution in [3.63, 3.8) is 0 Å². The second-order valence-electron chi connectivity index (χ2n) is 5.42. The third kappa shape index (κ3) is 3.32. The van der Waals surface area contributed by atoms with Gasteiger partial charge < -0.3 is 10.1 Å². The first-order valence-corrected chi connectivity index (χ1v) is 7.50. The van der Waals surface area contributed by atoms with Crippen molar-refractivity contribution in [2.75, 3.05) is 37.6 Å². The van der Waals surface area contributed by atoms with Crippen molar-refractivity contribution in [1.29, 1.82) is 0 Å². The summed E-state index contributed by atoms with van der Waals surface area (Å²) in [5.74, 6) is 4.97. The highest BCUT2D eigenvalue weighted by atomic mass is 35.5. The van der Waals surface area contributed by atoms with E-state index in [0.717, 1.165) is 0 Å². The molecule has 2 amide bonds. The Balaban J connectivity index is 0.00000208. The molecule has 2 heterocycles. The lowest BCUT2D eigenvalue weighted by atomic mass is 10.1. The van der Waals surface area contributed by atoms with Crippen LogP contribution in [0.3, 0.4) is 0 Å². The molecular weight excluding hydrogens is 357 g/mol. The Hall–Kier alpha value is -1.87. The predicted octanol–water partition coefficient (Wildman–Crippen LogP) is 0.305. The maximum Gasteiger partial charge on any atom is 0.281 e. The van der Waals surface area contributed by atoms with E-state index in [0.29, 0.717) is 42.5 Å². The number of piperazine rings is 1. The summed E-state index contributed by atoms with van der Waals surface area (Å²) in [6.07, 6.45) is 0. The minimum absolute atomic E-state index is 0. The fourth-order valence-electron chi connectivity index (χ4n) is 2.74. The first-order valence-electron chi connectivity index (χ1n) is 7.12. The van der Waals surface area contributed by atoms with Gasteiger partial charge in [-0.05, 0) is 18.2 Å². The standard InChI is InChI=1S/C14H16ClN5O3.ClH/c15-9-1-2-10-11(7-9)20(14(22)13(10)17-23)8-12(21)18-3-5-19(16)6-4-18;/h1-2,7,23H,3-6,8,16H2;1H/b17-13-;. The summed E-state index contributed by atoms with van der Waals surface area (Å²) in [6.45, 7) is 2.08. The Morgan fingerprint density at radius 2 is 1.96 bits per heavy atom. The third-order valence-electron chi connectivity index (χ3n) is 4.01. The van der Waals surface area contributed by atoms with E-state index in [1.54, 1.807) is 28.1 Å². The maximum atomic E-state index is 12.4. The maximum absolute atomic E-state index is 12.4. The monoisotopic (exact) mass is 373 g/mol. The summed E-state index contributed by atoms with van der Waals surface area (Å²) in [4.78, 5) is 27.7. The number of hydrogen-bond donors (Lipinski definition) is 2. The molecule has 1 aromatic carbocycles. The first kappa shape index (κ1) is 18.5. The van der Waals surface area contributed by atoms with Crippen LogP contribution >= 0.6 is 24.0 Å². The van der Waals surface area contributed by atoms with Gasteiger partial charge >= 0.3 is 0 Å². The minimum Gasteiger partial charge on any atom is -0.410 e. The Bertz CT molecular complexity index is 689. The summed E-state index contributed by atoms with van der Waals surface area (Å²) < 4.78 is 0. The lowest BCUT2D eigenvalue weighted by Gasteiger charge is -2.33. The summed E-state index contributed by atoms with van der Waals surface area (Å²) in [5.41, 5.74) is 0.846. The quantitative estimate of drug-likeness (QED) is 0.441. The molecule has 10 heteroatoms. The van der Waals surface area contributed by atoms with Crippen LogP contribution in [0.1, 0.15) is 5.56 Å². The Morgan fingerprint density at radius 3 is 2.58 bits per heavy atom. The van der Waals surface area contributed by atoms with E-state index in [4.69, 9.17) is 22.7 Å². The number of hydrogen-bond acceptors (Lipinski definition) is 6. The van der Waals surface area contributed by atoms with E-state index in [-0.39, 0.29) is 30.6 Å². The van der Waals surface area contributed by atoms with Gasteiger partial charge in [0.05, 0.1) is 5.69 Å². The Labute approximate surface area is 149 Å². The molecule has 2 aliphatic heterocycles. The van der Waals surface area contributed by atoms with Crippen LogP contribution in [0.15, 0.2) is 23.4 Å².